The van der Waals surface area contributed by atoms with E-state index in [0.29, 0.717) is 36.4 Å². The van der Waals surface area contributed by atoms with Crippen LogP contribution < -0.4 is 16.0 Å². The van der Waals surface area contributed by atoms with Crippen molar-refractivity contribution in [1.82, 2.24) is 16.0 Å². The van der Waals surface area contributed by atoms with Crippen LogP contribution in [0.2, 0.25) is 5.02 Å². The van der Waals surface area contributed by atoms with Crippen molar-refractivity contribution in [2.24, 2.45) is 0 Å². The smallest absolute Gasteiger partial charge is 0.251 e. The van der Waals surface area contributed by atoms with Gasteiger partial charge < -0.3 is 16.0 Å². The average molecular weight is 352 g/mol. The molecule has 1 aliphatic rings. The Morgan fingerprint density at radius 2 is 2.17 bits per heavy atom. The Hall–Kier alpha value is -2.08. The molecule has 1 fully saturated rings. The molecular weight excluding hydrogens is 330 g/mol. The second-order valence-electron chi connectivity index (χ2n) is 6.10. The van der Waals surface area contributed by atoms with Crippen LogP contribution >= 0.6 is 11.6 Å². The molecule has 0 aromatic heterocycles. The van der Waals surface area contributed by atoms with Crippen LogP contribution in [0.3, 0.4) is 0 Å². The Bertz CT molecular complexity index is 648. The van der Waals surface area contributed by atoms with E-state index in [2.05, 4.69) is 16.0 Å². The highest BCUT2D eigenvalue weighted by molar-refractivity contribution is 6.31. The van der Waals surface area contributed by atoms with Gasteiger partial charge in [0.25, 0.3) is 5.91 Å². The third kappa shape index (κ3) is 4.96. The number of aryl methyl sites for hydroxylation is 1. The van der Waals surface area contributed by atoms with E-state index in [0.717, 1.165) is 5.56 Å². The quantitative estimate of drug-likeness (QED) is 0.752. The summed E-state index contributed by atoms with van der Waals surface area (Å²) in [5.74, 6) is -0.533. The number of carbonyl (C=O) groups excluding carboxylic acids is 3. The van der Waals surface area contributed by atoms with Gasteiger partial charge in [0.1, 0.15) is 6.04 Å². The van der Waals surface area contributed by atoms with Crippen molar-refractivity contribution in [3.63, 3.8) is 0 Å². The standard InChI is InChI=1S/C17H22ClN3O3/c1-10-8-12(6-7-13(10)18)16(23)19-9-11(2)20-17(24)14-4-3-5-15(22)21-14/h6-8,11,14H,3-5,9H2,1-2H3,(H,19,23)(H,20,24)(H,21,22)/t11-,14+/m0/s1. The highest BCUT2D eigenvalue weighted by atomic mass is 35.5. The van der Waals surface area contributed by atoms with Gasteiger partial charge in [-0.3, -0.25) is 14.4 Å². The molecule has 0 radical (unpaired) electrons. The van der Waals surface area contributed by atoms with E-state index in [9.17, 15) is 14.4 Å². The van der Waals surface area contributed by atoms with Gasteiger partial charge in [-0.2, -0.15) is 0 Å². The van der Waals surface area contributed by atoms with Gasteiger partial charge in [0.15, 0.2) is 0 Å². The molecule has 0 unspecified atom stereocenters. The van der Waals surface area contributed by atoms with Gasteiger partial charge in [-0.15, -0.1) is 0 Å². The maximum atomic E-state index is 12.1. The zero-order valence-corrected chi connectivity index (χ0v) is 14.6. The van der Waals surface area contributed by atoms with Crippen LogP contribution in [0.4, 0.5) is 0 Å². The van der Waals surface area contributed by atoms with Gasteiger partial charge in [-0.1, -0.05) is 11.6 Å². The maximum absolute atomic E-state index is 12.1. The summed E-state index contributed by atoms with van der Waals surface area (Å²) in [6.07, 6.45) is 1.82. The monoisotopic (exact) mass is 351 g/mol. The molecule has 1 aromatic carbocycles. The number of benzene rings is 1. The summed E-state index contributed by atoms with van der Waals surface area (Å²) in [6, 6.07) is 4.34. The zero-order chi connectivity index (χ0) is 17.7. The summed E-state index contributed by atoms with van der Waals surface area (Å²) < 4.78 is 0. The molecule has 3 amide bonds. The van der Waals surface area contributed by atoms with E-state index in [4.69, 9.17) is 11.6 Å². The molecule has 1 aliphatic heterocycles. The molecule has 0 spiro atoms. The van der Waals surface area contributed by atoms with Gasteiger partial charge in [0.05, 0.1) is 0 Å². The second-order valence-corrected chi connectivity index (χ2v) is 6.50. The number of nitrogens with one attached hydrogen (secondary N) is 3. The van der Waals surface area contributed by atoms with Crippen molar-refractivity contribution in [3.05, 3.63) is 34.3 Å². The van der Waals surface area contributed by atoms with Gasteiger partial charge in [0.2, 0.25) is 11.8 Å². The number of rotatable bonds is 5. The first-order valence-corrected chi connectivity index (χ1v) is 8.38. The molecular formula is C17H22ClN3O3. The minimum Gasteiger partial charge on any atom is -0.350 e. The lowest BCUT2D eigenvalue weighted by molar-refractivity contribution is -0.131. The van der Waals surface area contributed by atoms with E-state index < -0.39 is 6.04 Å². The van der Waals surface area contributed by atoms with Crippen molar-refractivity contribution in [2.75, 3.05) is 6.54 Å². The predicted molar refractivity (Wildman–Crippen MR) is 91.9 cm³/mol. The topological polar surface area (TPSA) is 87.3 Å². The molecule has 3 N–H and O–H groups in total. The van der Waals surface area contributed by atoms with E-state index in [-0.39, 0.29) is 23.8 Å². The second kappa shape index (κ2) is 8.15. The van der Waals surface area contributed by atoms with Gasteiger partial charge in [0, 0.05) is 29.6 Å². The molecule has 0 saturated carbocycles. The summed E-state index contributed by atoms with van der Waals surface area (Å²) in [5.41, 5.74) is 1.36. The number of hydrogen-bond donors (Lipinski definition) is 3. The Kier molecular flexibility index (Phi) is 6.20. The first-order valence-electron chi connectivity index (χ1n) is 8.01. The highest BCUT2D eigenvalue weighted by Crippen LogP contribution is 2.16. The third-order valence-electron chi connectivity index (χ3n) is 3.93. The van der Waals surface area contributed by atoms with E-state index in [1.165, 1.54) is 0 Å². The predicted octanol–water partition coefficient (Wildman–Crippen LogP) is 1.55. The van der Waals surface area contributed by atoms with Crippen molar-refractivity contribution in [2.45, 2.75) is 45.2 Å². The Balaban J connectivity index is 1.80. The lowest BCUT2D eigenvalue weighted by Crippen LogP contribution is -2.52. The molecule has 6 nitrogen and oxygen atoms in total. The SMILES string of the molecule is Cc1cc(C(=O)NC[C@H](C)NC(=O)[C@H]2CCCC(=O)N2)ccc1Cl. The summed E-state index contributed by atoms with van der Waals surface area (Å²) in [5, 5.41) is 8.87. The van der Waals surface area contributed by atoms with Crippen LogP contribution in [0.15, 0.2) is 18.2 Å². The highest BCUT2D eigenvalue weighted by Gasteiger charge is 2.25. The fourth-order valence-corrected chi connectivity index (χ4v) is 2.65. The summed E-state index contributed by atoms with van der Waals surface area (Å²) in [6.45, 7) is 3.93. The number of amides is 3. The van der Waals surface area contributed by atoms with Crippen LogP contribution in [0.25, 0.3) is 0 Å². The first kappa shape index (κ1) is 18.3. The van der Waals surface area contributed by atoms with Crippen LogP contribution in [0, 0.1) is 6.92 Å². The molecule has 24 heavy (non-hydrogen) atoms. The van der Waals surface area contributed by atoms with Crippen LogP contribution in [-0.2, 0) is 9.59 Å². The van der Waals surface area contributed by atoms with E-state index in [1.54, 1.807) is 25.1 Å². The largest absolute Gasteiger partial charge is 0.350 e. The average Bonchev–Trinajstić information content (AvgIpc) is 2.55. The Morgan fingerprint density at radius 1 is 1.42 bits per heavy atom. The summed E-state index contributed by atoms with van der Waals surface area (Å²) in [4.78, 5) is 35.5. The molecule has 7 heteroatoms. The molecule has 1 heterocycles. The minimum atomic E-state index is -0.483. The van der Waals surface area contributed by atoms with Gasteiger partial charge in [-0.05, 0) is 50.5 Å². The van der Waals surface area contributed by atoms with Crippen molar-refractivity contribution >= 4 is 29.3 Å². The molecule has 1 aromatic rings. The fraction of sp³-hybridized carbons (Fsp3) is 0.471. The molecule has 0 bridgehead atoms. The molecule has 2 rings (SSSR count). The number of piperidine rings is 1. The fourth-order valence-electron chi connectivity index (χ4n) is 2.53. The Morgan fingerprint density at radius 3 is 2.83 bits per heavy atom. The van der Waals surface area contributed by atoms with Crippen molar-refractivity contribution in [3.8, 4) is 0 Å². The number of carbonyl (C=O) groups is 3. The number of halogens is 1. The van der Waals surface area contributed by atoms with Gasteiger partial charge >= 0.3 is 0 Å². The first-order chi connectivity index (χ1) is 11.4. The maximum Gasteiger partial charge on any atom is 0.251 e. The molecule has 130 valence electrons. The minimum absolute atomic E-state index is 0.0968. The van der Waals surface area contributed by atoms with Crippen LogP contribution in [-0.4, -0.2) is 36.3 Å². The lowest BCUT2D eigenvalue weighted by Gasteiger charge is -2.24. The summed E-state index contributed by atoms with van der Waals surface area (Å²) in [7, 11) is 0. The Labute approximate surface area is 146 Å². The van der Waals surface area contributed by atoms with Gasteiger partial charge in [-0.25, -0.2) is 0 Å². The molecule has 1 saturated heterocycles. The summed E-state index contributed by atoms with van der Waals surface area (Å²) >= 11 is 5.95. The third-order valence-corrected chi connectivity index (χ3v) is 4.35. The van der Waals surface area contributed by atoms with Crippen molar-refractivity contribution in [1.29, 1.82) is 0 Å². The molecule has 0 aliphatic carbocycles. The lowest BCUT2D eigenvalue weighted by atomic mass is 10.0. The normalized spacial score (nSPS) is 18.5. The number of hydrogen-bond acceptors (Lipinski definition) is 3. The zero-order valence-electron chi connectivity index (χ0n) is 13.8. The van der Waals surface area contributed by atoms with E-state index in [1.807, 2.05) is 6.92 Å². The van der Waals surface area contributed by atoms with Crippen molar-refractivity contribution < 1.29 is 14.4 Å². The molecule has 2 atom stereocenters. The van der Waals surface area contributed by atoms with E-state index >= 15 is 0 Å². The van der Waals surface area contributed by atoms with Crippen LogP contribution in [0.1, 0.15) is 42.1 Å². The van der Waals surface area contributed by atoms with Crippen LogP contribution in [0.5, 0.6) is 0 Å².